The molecule has 2 aromatic rings. The van der Waals surface area contributed by atoms with E-state index in [0.717, 1.165) is 23.5 Å². The Kier molecular flexibility index (Phi) is 5.95. The van der Waals surface area contributed by atoms with Gasteiger partial charge in [0.2, 0.25) is 0 Å². The molecular formula is C21H27NO3. The van der Waals surface area contributed by atoms with Crippen LogP contribution in [-0.2, 0) is 13.0 Å². The van der Waals surface area contributed by atoms with Gasteiger partial charge in [0.05, 0.1) is 25.4 Å². The molecule has 2 atom stereocenters. The Morgan fingerprint density at radius 1 is 1.08 bits per heavy atom. The first-order chi connectivity index (χ1) is 12.2. The van der Waals surface area contributed by atoms with Crippen molar-refractivity contribution >= 4 is 0 Å². The number of nitrogens with one attached hydrogen (secondary N) is 1. The fourth-order valence-corrected chi connectivity index (χ4v) is 3.38. The minimum absolute atomic E-state index is 0.0500. The Hall–Kier alpha value is -2.04. The van der Waals surface area contributed by atoms with E-state index in [9.17, 15) is 5.11 Å². The van der Waals surface area contributed by atoms with E-state index in [4.69, 9.17) is 9.47 Å². The maximum Gasteiger partial charge on any atom is 0.165 e. The lowest BCUT2D eigenvalue weighted by Gasteiger charge is -2.20. The molecule has 0 saturated heterocycles. The van der Waals surface area contributed by atoms with Crippen LogP contribution in [0.2, 0.25) is 0 Å². The van der Waals surface area contributed by atoms with Crippen molar-refractivity contribution in [3.63, 3.8) is 0 Å². The van der Waals surface area contributed by atoms with Crippen LogP contribution in [0.1, 0.15) is 43.0 Å². The summed E-state index contributed by atoms with van der Waals surface area (Å²) in [6, 6.07) is 14.2. The fourth-order valence-electron chi connectivity index (χ4n) is 3.38. The highest BCUT2D eigenvalue weighted by molar-refractivity contribution is 5.47. The monoisotopic (exact) mass is 341 g/mol. The number of benzene rings is 2. The molecule has 4 heteroatoms. The summed E-state index contributed by atoms with van der Waals surface area (Å²) in [6.07, 6.45) is 1.25. The number of hydrogen-bond acceptors (Lipinski definition) is 4. The number of rotatable bonds is 8. The van der Waals surface area contributed by atoms with Crippen LogP contribution in [0, 0.1) is 0 Å². The first kappa shape index (κ1) is 17.8. The molecule has 1 aliphatic rings. The van der Waals surface area contributed by atoms with E-state index in [1.807, 2.05) is 37.3 Å². The number of aliphatic hydroxyl groups excluding tert-OH is 1. The largest absolute Gasteiger partial charge is 0.490 e. The molecule has 2 N–H and O–H groups in total. The molecule has 0 saturated carbocycles. The van der Waals surface area contributed by atoms with Gasteiger partial charge in [-0.05, 0) is 30.5 Å². The summed E-state index contributed by atoms with van der Waals surface area (Å²) < 4.78 is 11.7. The molecule has 0 spiro atoms. The van der Waals surface area contributed by atoms with Gasteiger partial charge in [-0.15, -0.1) is 0 Å². The second-order valence-corrected chi connectivity index (χ2v) is 6.35. The second kappa shape index (κ2) is 8.37. The molecule has 0 heterocycles. The predicted octanol–water partition coefficient (Wildman–Crippen LogP) is 3.62. The molecule has 0 radical (unpaired) electrons. The molecule has 0 fully saturated rings. The van der Waals surface area contributed by atoms with E-state index < -0.39 is 6.10 Å². The van der Waals surface area contributed by atoms with Gasteiger partial charge in [0.25, 0.3) is 0 Å². The lowest BCUT2D eigenvalue weighted by Crippen LogP contribution is -2.28. The predicted molar refractivity (Wildman–Crippen MR) is 99.1 cm³/mol. The maximum atomic E-state index is 10.4. The first-order valence-electron chi connectivity index (χ1n) is 9.11. The van der Waals surface area contributed by atoms with Crippen molar-refractivity contribution in [3.8, 4) is 11.5 Å². The first-order valence-corrected chi connectivity index (χ1v) is 9.11. The Morgan fingerprint density at radius 3 is 2.72 bits per heavy atom. The Morgan fingerprint density at radius 2 is 1.92 bits per heavy atom. The number of ether oxygens (including phenoxy) is 2. The van der Waals surface area contributed by atoms with Crippen LogP contribution in [0.15, 0.2) is 42.5 Å². The van der Waals surface area contributed by atoms with E-state index in [1.54, 1.807) is 0 Å². The highest BCUT2D eigenvalue weighted by Gasteiger charge is 2.30. The topological polar surface area (TPSA) is 50.7 Å². The molecule has 0 amide bonds. The summed E-state index contributed by atoms with van der Waals surface area (Å²) in [7, 11) is 0. The van der Waals surface area contributed by atoms with E-state index in [2.05, 4.69) is 24.4 Å². The molecule has 0 unspecified atom stereocenters. The van der Waals surface area contributed by atoms with Crippen molar-refractivity contribution in [2.45, 2.75) is 45.4 Å². The molecule has 4 nitrogen and oxygen atoms in total. The summed E-state index contributed by atoms with van der Waals surface area (Å²) in [5.74, 6) is 1.59. The fraction of sp³-hybridized carbons (Fsp3) is 0.429. The van der Waals surface area contributed by atoms with Gasteiger partial charge in [-0.2, -0.15) is 0 Å². The summed E-state index contributed by atoms with van der Waals surface area (Å²) in [4.78, 5) is 0. The molecule has 3 rings (SSSR count). The maximum absolute atomic E-state index is 10.4. The van der Waals surface area contributed by atoms with Gasteiger partial charge in [-0.25, -0.2) is 0 Å². The molecule has 2 aromatic carbocycles. The lowest BCUT2D eigenvalue weighted by atomic mass is 10.1. The summed E-state index contributed by atoms with van der Waals surface area (Å²) in [5.41, 5.74) is 3.46. The van der Waals surface area contributed by atoms with Gasteiger partial charge in [-0.3, -0.25) is 0 Å². The van der Waals surface area contributed by atoms with Gasteiger partial charge in [-0.1, -0.05) is 43.3 Å². The van der Waals surface area contributed by atoms with Crippen molar-refractivity contribution in [2.75, 3.05) is 13.2 Å². The number of fused-ring (bicyclic) bond motifs is 1. The van der Waals surface area contributed by atoms with Gasteiger partial charge in [0, 0.05) is 18.5 Å². The average Bonchev–Trinajstić information content (AvgIpc) is 2.94. The van der Waals surface area contributed by atoms with Crippen LogP contribution >= 0.6 is 0 Å². The molecular weight excluding hydrogens is 314 g/mol. The van der Waals surface area contributed by atoms with E-state index in [-0.39, 0.29) is 6.04 Å². The van der Waals surface area contributed by atoms with Gasteiger partial charge >= 0.3 is 0 Å². The minimum Gasteiger partial charge on any atom is -0.490 e. The summed E-state index contributed by atoms with van der Waals surface area (Å²) in [5, 5.41) is 13.9. The smallest absolute Gasteiger partial charge is 0.165 e. The molecule has 0 aromatic heterocycles. The molecule has 0 aliphatic heterocycles. The van der Waals surface area contributed by atoms with Crippen LogP contribution in [0.3, 0.4) is 0 Å². The molecule has 25 heavy (non-hydrogen) atoms. The van der Waals surface area contributed by atoms with E-state index in [0.29, 0.717) is 26.2 Å². The normalized spacial score (nSPS) is 18.8. The van der Waals surface area contributed by atoms with Gasteiger partial charge in [0.15, 0.2) is 11.5 Å². The van der Waals surface area contributed by atoms with Gasteiger partial charge < -0.3 is 19.9 Å². The summed E-state index contributed by atoms with van der Waals surface area (Å²) in [6.45, 7) is 5.95. The Bertz CT molecular complexity index is 701. The lowest BCUT2D eigenvalue weighted by molar-refractivity contribution is 0.140. The van der Waals surface area contributed by atoms with Crippen LogP contribution in [0.4, 0.5) is 0 Å². The van der Waals surface area contributed by atoms with Crippen molar-refractivity contribution in [2.24, 2.45) is 0 Å². The van der Waals surface area contributed by atoms with E-state index >= 15 is 0 Å². The third kappa shape index (κ3) is 3.97. The highest BCUT2D eigenvalue weighted by Crippen LogP contribution is 2.34. The number of hydrogen-bond donors (Lipinski definition) is 2. The second-order valence-electron chi connectivity index (χ2n) is 6.35. The van der Waals surface area contributed by atoms with Crippen LogP contribution in [0.5, 0.6) is 11.5 Å². The van der Waals surface area contributed by atoms with Crippen LogP contribution < -0.4 is 14.8 Å². The van der Waals surface area contributed by atoms with Crippen molar-refractivity contribution < 1.29 is 14.6 Å². The third-order valence-electron chi connectivity index (χ3n) is 4.53. The van der Waals surface area contributed by atoms with Crippen LogP contribution in [-0.4, -0.2) is 24.4 Å². The highest BCUT2D eigenvalue weighted by atomic mass is 16.5. The minimum atomic E-state index is -0.396. The Labute approximate surface area is 149 Å². The molecule has 0 bridgehead atoms. The summed E-state index contributed by atoms with van der Waals surface area (Å²) >= 11 is 0. The Balaban J connectivity index is 1.77. The molecule has 134 valence electrons. The third-order valence-corrected chi connectivity index (χ3v) is 4.53. The number of aliphatic hydroxyl groups is 1. The molecule has 1 aliphatic carbocycles. The van der Waals surface area contributed by atoms with Crippen molar-refractivity contribution in [3.05, 3.63) is 59.2 Å². The quantitative estimate of drug-likeness (QED) is 0.770. The zero-order valence-corrected chi connectivity index (χ0v) is 15.0. The van der Waals surface area contributed by atoms with Crippen LogP contribution in [0.25, 0.3) is 0 Å². The zero-order valence-electron chi connectivity index (χ0n) is 15.0. The van der Waals surface area contributed by atoms with Crippen molar-refractivity contribution in [1.29, 1.82) is 0 Å². The van der Waals surface area contributed by atoms with Gasteiger partial charge in [0.1, 0.15) is 0 Å². The average molecular weight is 341 g/mol. The van der Waals surface area contributed by atoms with E-state index in [1.165, 1.54) is 11.1 Å². The zero-order chi connectivity index (χ0) is 17.6. The van der Waals surface area contributed by atoms with Crippen molar-refractivity contribution in [1.82, 2.24) is 5.32 Å². The standard InChI is InChI=1S/C21H27NO3/c1-3-12-25-21-16(9-7-11-19(21)24-4-2)14-22-20-17-10-6-5-8-15(17)13-18(20)23/h5-11,18,20,22-23H,3-4,12-14H2,1-2H3/t18-,20+/m0/s1. The number of para-hydroxylation sites is 1. The SMILES string of the molecule is CCCOc1c(CN[C@@H]2c3ccccc3C[C@@H]2O)cccc1OCC.